The van der Waals surface area contributed by atoms with Crippen LogP contribution >= 0.6 is 0 Å². The molecule has 0 bridgehead atoms. The van der Waals surface area contributed by atoms with Gasteiger partial charge in [-0.15, -0.1) is 0 Å². The van der Waals surface area contributed by atoms with E-state index in [1.165, 1.54) is 0 Å². The molecule has 1 heterocycles. The zero-order valence-corrected chi connectivity index (χ0v) is 11.2. The number of anilines is 1. The molecule has 0 unspecified atom stereocenters. The molecule has 2 aromatic rings. The Hall–Kier alpha value is -1.88. The van der Waals surface area contributed by atoms with Gasteiger partial charge in [0.2, 0.25) is 0 Å². The van der Waals surface area contributed by atoms with E-state index in [1.807, 2.05) is 19.1 Å². The number of hydrogen-bond donors (Lipinski definition) is 2. The van der Waals surface area contributed by atoms with Crippen molar-refractivity contribution in [2.75, 3.05) is 12.4 Å². The van der Waals surface area contributed by atoms with E-state index in [2.05, 4.69) is 32.6 Å². The SMILES string of the molecule is COC1CC(Nc2cccc(-c3n[nH]c(C)n3)c2)C1. The summed E-state index contributed by atoms with van der Waals surface area (Å²) >= 11 is 0. The van der Waals surface area contributed by atoms with Gasteiger partial charge in [-0.3, -0.25) is 5.10 Å². The maximum Gasteiger partial charge on any atom is 0.181 e. The highest BCUT2D eigenvalue weighted by atomic mass is 16.5. The van der Waals surface area contributed by atoms with Gasteiger partial charge < -0.3 is 10.1 Å². The van der Waals surface area contributed by atoms with Crippen LogP contribution in [0.3, 0.4) is 0 Å². The Kier molecular flexibility index (Phi) is 3.21. The van der Waals surface area contributed by atoms with Crippen LogP contribution in [0.2, 0.25) is 0 Å². The van der Waals surface area contributed by atoms with Crippen molar-refractivity contribution in [3.05, 3.63) is 30.1 Å². The lowest BCUT2D eigenvalue weighted by Crippen LogP contribution is -2.40. The predicted molar refractivity (Wildman–Crippen MR) is 74.0 cm³/mol. The van der Waals surface area contributed by atoms with E-state index < -0.39 is 0 Å². The van der Waals surface area contributed by atoms with Crippen molar-refractivity contribution in [3.63, 3.8) is 0 Å². The number of nitrogens with zero attached hydrogens (tertiary/aromatic N) is 2. The average molecular weight is 258 g/mol. The van der Waals surface area contributed by atoms with E-state index in [0.717, 1.165) is 35.7 Å². The molecule has 1 saturated carbocycles. The van der Waals surface area contributed by atoms with Crippen LogP contribution < -0.4 is 5.32 Å². The van der Waals surface area contributed by atoms with Gasteiger partial charge in [0.15, 0.2) is 5.82 Å². The molecule has 1 aromatic heterocycles. The highest BCUT2D eigenvalue weighted by molar-refractivity contribution is 5.62. The highest BCUT2D eigenvalue weighted by Gasteiger charge is 2.28. The van der Waals surface area contributed by atoms with Crippen molar-refractivity contribution in [1.82, 2.24) is 15.2 Å². The second kappa shape index (κ2) is 5.01. The van der Waals surface area contributed by atoms with Gasteiger partial charge >= 0.3 is 0 Å². The molecule has 5 heteroatoms. The number of aromatic nitrogens is 3. The monoisotopic (exact) mass is 258 g/mol. The van der Waals surface area contributed by atoms with Crippen LogP contribution in [-0.4, -0.2) is 34.4 Å². The van der Waals surface area contributed by atoms with Crippen molar-refractivity contribution in [1.29, 1.82) is 0 Å². The summed E-state index contributed by atoms with van der Waals surface area (Å²) in [6.45, 7) is 1.90. The van der Waals surface area contributed by atoms with E-state index in [-0.39, 0.29) is 0 Å². The Morgan fingerprint density at radius 3 is 2.89 bits per heavy atom. The maximum atomic E-state index is 5.29. The summed E-state index contributed by atoms with van der Waals surface area (Å²) in [5.41, 5.74) is 2.14. The molecule has 3 rings (SSSR count). The summed E-state index contributed by atoms with van der Waals surface area (Å²) < 4.78 is 5.29. The zero-order chi connectivity index (χ0) is 13.2. The van der Waals surface area contributed by atoms with Gasteiger partial charge in [-0.25, -0.2) is 4.98 Å². The van der Waals surface area contributed by atoms with Crippen LogP contribution in [0.5, 0.6) is 0 Å². The first-order valence-corrected chi connectivity index (χ1v) is 6.53. The van der Waals surface area contributed by atoms with E-state index in [0.29, 0.717) is 12.1 Å². The molecule has 0 amide bonds. The van der Waals surface area contributed by atoms with E-state index in [1.54, 1.807) is 7.11 Å². The molecule has 0 spiro atoms. The summed E-state index contributed by atoms with van der Waals surface area (Å²) in [7, 11) is 1.77. The first-order chi connectivity index (χ1) is 9.24. The molecule has 100 valence electrons. The van der Waals surface area contributed by atoms with Gasteiger partial charge in [0.25, 0.3) is 0 Å². The summed E-state index contributed by atoms with van der Waals surface area (Å²) in [5, 5.41) is 10.6. The molecule has 19 heavy (non-hydrogen) atoms. The lowest BCUT2D eigenvalue weighted by atomic mass is 9.89. The molecular weight excluding hydrogens is 240 g/mol. The predicted octanol–water partition coefficient (Wildman–Crippen LogP) is 2.37. The first-order valence-electron chi connectivity index (χ1n) is 6.53. The topological polar surface area (TPSA) is 62.8 Å². The molecule has 0 saturated heterocycles. The second-order valence-electron chi connectivity index (χ2n) is 5.00. The van der Waals surface area contributed by atoms with Gasteiger partial charge in [0.1, 0.15) is 5.82 Å². The largest absolute Gasteiger partial charge is 0.382 e. The number of aromatic amines is 1. The standard InChI is InChI=1S/C14H18N4O/c1-9-15-14(18-17-9)10-4-3-5-11(6-10)16-12-7-13(8-12)19-2/h3-6,12-13,16H,7-8H2,1-2H3,(H,15,17,18). The van der Waals surface area contributed by atoms with Crippen molar-refractivity contribution in [3.8, 4) is 11.4 Å². The van der Waals surface area contributed by atoms with Crippen LogP contribution in [0.4, 0.5) is 5.69 Å². The third kappa shape index (κ3) is 2.61. The number of hydrogen-bond acceptors (Lipinski definition) is 4. The second-order valence-corrected chi connectivity index (χ2v) is 5.00. The van der Waals surface area contributed by atoms with E-state index in [9.17, 15) is 0 Å². The molecule has 0 radical (unpaired) electrons. The van der Waals surface area contributed by atoms with Gasteiger partial charge in [0, 0.05) is 24.4 Å². The number of H-pyrrole nitrogens is 1. The highest BCUT2D eigenvalue weighted by Crippen LogP contribution is 2.27. The molecular formula is C14H18N4O. The van der Waals surface area contributed by atoms with Crippen LogP contribution in [0, 0.1) is 6.92 Å². The van der Waals surface area contributed by atoms with E-state index >= 15 is 0 Å². The van der Waals surface area contributed by atoms with Gasteiger partial charge in [-0.05, 0) is 31.9 Å². The van der Waals surface area contributed by atoms with Crippen molar-refractivity contribution >= 4 is 5.69 Å². The fourth-order valence-electron chi connectivity index (χ4n) is 2.33. The first kappa shape index (κ1) is 12.2. The molecule has 0 aliphatic heterocycles. The summed E-state index contributed by atoms with van der Waals surface area (Å²) in [6, 6.07) is 8.71. The molecule has 1 fully saturated rings. The lowest BCUT2D eigenvalue weighted by molar-refractivity contribution is 0.0329. The minimum Gasteiger partial charge on any atom is -0.382 e. The number of methoxy groups -OCH3 is 1. The smallest absolute Gasteiger partial charge is 0.181 e. The number of rotatable bonds is 4. The third-order valence-corrected chi connectivity index (χ3v) is 3.52. The maximum absolute atomic E-state index is 5.29. The summed E-state index contributed by atoms with van der Waals surface area (Å²) in [4.78, 5) is 4.35. The fourth-order valence-corrected chi connectivity index (χ4v) is 2.33. The average Bonchev–Trinajstić information content (AvgIpc) is 2.80. The van der Waals surface area contributed by atoms with Crippen molar-refractivity contribution in [2.24, 2.45) is 0 Å². The Morgan fingerprint density at radius 1 is 1.37 bits per heavy atom. The Labute approximate surface area is 112 Å². The van der Waals surface area contributed by atoms with Gasteiger partial charge in [-0.2, -0.15) is 5.10 Å². The molecule has 2 N–H and O–H groups in total. The number of benzene rings is 1. The molecule has 1 aromatic carbocycles. The van der Waals surface area contributed by atoms with Crippen LogP contribution in [-0.2, 0) is 4.74 Å². The Bertz CT molecular complexity index is 560. The molecule has 0 atom stereocenters. The quantitative estimate of drug-likeness (QED) is 0.883. The van der Waals surface area contributed by atoms with Crippen LogP contribution in [0.1, 0.15) is 18.7 Å². The third-order valence-electron chi connectivity index (χ3n) is 3.52. The van der Waals surface area contributed by atoms with Crippen molar-refractivity contribution < 1.29 is 4.74 Å². The molecule has 1 aliphatic carbocycles. The minimum atomic E-state index is 0.413. The van der Waals surface area contributed by atoms with Crippen molar-refractivity contribution in [2.45, 2.75) is 31.9 Å². The van der Waals surface area contributed by atoms with Gasteiger partial charge in [0.05, 0.1) is 6.10 Å². The van der Waals surface area contributed by atoms with Crippen LogP contribution in [0.15, 0.2) is 24.3 Å². The Balaban J connectivity index is 1.70. The minimum absolute atomic E-state index is 0.413. The zero-order valence-electron chi connectivity index (χ0n) is 11.2. The summed E-state index contributed by atoms with van der Waals surface area (Å²) in [5.74, 6) is 1.57. The number of aryl methyl sites for hydroxylation is 1. The lowest BCUT2D eigenvalue weighted by Gasteiger charge is -2.35. The fraction of sp³-hybridized carbons (Fsp3) is 0.429. The van der Waals surface area contributed by atoms with Crippen LogP contribution in [0.25, 0.3) is 11.4 Å². The van der Waals surface area contributed by atoms with Gasteiger partial charge in [-0.1, -0.05) is 12.1 Å². The number of ether oxygens (including phenoxy) is 1. The normalized spacial score (nSPS) is 22.0. The van der Waals surface area contributed by atoms with E-state index in [4.69, 9.17) is 4.74 Å². The summed E-state index contributed by atoms with van der Waals surface area (Å²) in [6.07, 6.45) is 2.55. The molecule has 5 nitrogen and oxygen atoms in total. The Morgan fingerprint density at radius 2 is 2.21 bits per heavy atom. The number of nitrogens with one attached hydrogen (secondary N) is 2. The molecule has 1 aliphatic rings.